The molecule has 10 heteroatoms. The summed E-state index contributed by atoms with van der Waals surface area (Å²) in [6, 6.07) is 9.43. The molecule has 4 heterocycles. The van der Waals surface area contributed by atoms with Crippen LogP contribution >= 0.6 is 0 Å². The minimum Gasteiger partial charge on any atom is -0.387 e. The second-order valence-corrected chi connectivity index (χ2v) is 9.05. The number of amides is 1. The third kappa shape index (κ3) is 5.16. The highest BCUT2D eigenvalue weighted by Crippen LogP contribution is 2.26. The van der Waals surface area contributed by atoms with Gasteiger partial charge in [-0.1, -0.05) is 0 Å². The Morgan fingerprint density at radius 1 is 1.41 bits per heavy atom. The van der Waals surface area contributed by atoms with Gasteiger partial charge in [0, 0.05) is 18.8 Å². The molecule has 0 radical (unpaired) electrons. The van der Waals surface area contributed by atoms with Crippen molar-refractivity contribution < 1.29 is 14.3 Å². The van der Waals surface area contributed by atoms with Gasteiger partial charge in [-0.15, -0.1) is 0 Å². The van der Waals surface area contributed by atoms with Crippen LogP contribution in [0, 0.1) is 11.3 Å². The van der Waals surface area contributed by atoms with Crippen LogP contribution in [0.1, 0.15) is 42.6 Å². The number of fused-ring (bicyclic) bond motifs is 1. The number of pyridine rings is 1. The van der Waals surface area contributed by atoms with E-state index in [1.165, 1.54) is 26.2 Å². The summed E-state index contributed by atoms with van der Waals surface area (Å²) >= 11 is 0. The number of halogens is 1. The molecule has 0 saturated carbocycles. The van der Waals surface area contributed by atoms with Crippen LogP contribution in [0.3, 0.4) is 0 Å². The Bertz CT molecular complexity index is 1220. The van der Waals surface area contributed by atoms with Crippen molar-refractivity contribution in [2.24, 2.45) is 0 Å². The predicted octanol–water partition coefficient (Wildman–Crippen LogP) is 2.27. The quantitative estimate of drug-likeness (QED) is 0.421. The minimum absolute atomic E-state index is 0.126. The molecule has 178 valence electrons. The molecule has 0 bridgehead atoms. The molecule has 1 fully saturated rings. The molecule has 0 aliphatic carbocycles. The molecule has 4 N–H and O–H groups in total. The fraction of sp³-hybridized carbons (Fsp3) is 0.417. The van der Waals surface area contributed by atoms with Crippen molar-refractivity contribution in [2.45, 2.75) is 44.5 Å². The number of carbonyl (C=O) groups is 1. The largest absolute Gasteiger partial charge is 0.387 e. The topological polar surface area (TPSA) is 127 Å². The van der Waals surface area contributed by atoms with Crippen molar-refractivity contribution in [3.05, 3.63) is 47.8 Å². The van der Waals surface area contributed by atoms with Gasteiger partial charge >= 0.3 is 0 Å². The smallest absolute Gasteiger partial charge is 0.255 e. The van der Waals surface area contributed by atoms with E-state index in [1.54, 1.807) is 16.6 Å². The lowest BCUT2D eigenvalue weighted by molar-refractivity contribution is -0.00177. The van der Waals surface area contributed by atoms with Gasteiger partial charge in [0.2, 0.25) is 0 Å². The summed E-state index contributed by atoms with van der Waals surface area (Å²) in [5, 5.41) is 32.6. The zero-order valence-corrected chi connectivity index (χ0v) is 19.2. The van der Waals surface area contributed by atoms with Crippen molar-refractivity contribution >= 4 is 17.1 Å². The number of aliphatic hydroxyl groups is 1. The summed E-state index contributed by atoms with van der Waals surface area (Å²) in [6.45, 7) is 4.12. The average molecular weight is 466 g/mol. The van der Waals surface area contributed by atoms with Crippen LogP contribution < -0.4 is 16.0 Å². The molecule has 3 aromatic heterocycles. The van der Waals surface area contributed by atoms with Crippen LogP contribution in [0.4, 0.5) is 10.1 Å². The lowest BCUT2D eigenvalue weighted by atomic mass is 10.0. The number of nitriles is 1. The van der Waals surface area contributed by atoms with Crippen LogP contribution in [-0.2, 0) is 0 Å². The van der Waals surface area contributed by atoms with E-state index in [1.807, 2.05) is 12.1 Å². The Hall–Kier alpha value is -3.55. The monoisotopic (exact) mass is 465 g/mol. The molecular weight excluding hydrogens is 437 g/mol. The van der Waals surface area contributed by atoms with E-state index in [0.29, 0.717) is 22.6 Å². The predicted molar refractivity (Wildman–Crippen MR) is 126 cm³/mol. The Labute approximate surface area is 197 Å². The molecule has 1 amide bonds. The van der Waals surface area contributed by atoms with E-state index >= 15 is 0 Å². The van der Waals surface area contributed by atoms with E-state index in [0.717, 1.165) is 31.4 Å². The summed E-state index contributed by atoms with van der Waals surface area (Å²) in [6.07, 6.45) is 3.30. The van der Waals surface area contributed by atoms with Crippen molar-refractivity contribution in [2.75, 3.05) is 25.0 Å². The highest BCUT2D eigenvalue weighted by Gasteiger charge is 2.27. The standard InChI is InChI=1S/C24H28FN7O2/c1-24(2,34)22(25)14-29-23(33)18-13-28-20(9-19(18)31-16-4-3-7-27-12-16)21-6-5-17-8-15(10-26)11-30-32(17)21/h5-6,8-9,11,13,16,22,27,34H,3-4,7,12,14H2,1-2H3,(H,28,31)(H,29,33). The zero-order valence-electron chi connectivity index (χ0n) is 19.2. The van der Waals surface area contributed by atoms with Crippen LogP contribution in [0.15, 0.2) is 36.7 Å². The number of hydrogen-bond acceptors (Lipinski definition) is 7. The molecular formula is C24H28FN7O2. The first-order chi connectivity index (χ1) is 16.3. The number of nitrogens with one attached hydrogen (secondary N) is 3. The first-order valence-corrected chi connectivity index (χ1v) is 11.3. The van der Waals surface area contributed by atoms with Gasteiger partial charge in [0.25, 0.3) is 5.91 Å². The molecule has 1 aliphatic heterocycles. The molecule has 0 aromatic carbocycles. The Balaban J connectivity index is 1.65. The van der Waals surface area contributed by atoms with Crippen LogP contribution in [0.5, 0.6) is 0 Å². The van der Waals surface area contributed by atoms with Gasteiger partial charge in [0.15, 0.2) is 0 Å². The van der Waals surface area contributed by atoms with Gasteiger partial charge in [-0.2, -0.15) is 10.4 Å². The number of hydrogen-bond donors (Lipinski definition) is 4. The van der Waals surface area contributed by atoms with Gasteiger partial charge in [-0.25, -0.2) is 8.91 Å². The lowest BCUT2D eigenvalue weighted by Crippen LogP contribution is -2.42. The van der Waals surface area contributed by atoms with Gasteiger partial charge in [-0.05, 0) is 57.5 Å². The second kappa shape index (κ2) is 9.75. The fourth-order valence-electron chi connectivity index (χ4n) is 3.87. The molecule has 0 spiro atoms. The SMILES string of the molecule is CC(C)(O)C(F)CNC(=O)c1cnc(-c2ccc3cc(C#N)cnn23)cc1NC1CCCNC1. The first kappa shape index (κ1) is 23.6. The number of aromatic nitrogens is 3. The number of anilines is 1. The van der Waals surface area contributed by atoms with Crippen LogP contribution in [0.2, 0.25) is 0 Å². The van der Waals surface area contributed by atoms with Crippen molar-refractivity contribution in [1.82, 2.24) is 25.2 Å². The van der Waals surface area contributed by atoms with Crippen LogP contribution in [0.25, 0.3) is 16.9 Å². The maximum atomic E-state index is 14.2. The molecule has 3 aromatic rings. The van der Waals surface area contributed by atoms with Gasteiger partial charge in [-0.3, -0.25) is 9.78 Å². The van der Waals surface area contributed by atoms with Crippen molar-refractivity contribution in [3.63, 3.8) is 0 Å². The lowest BCUT2D eigenvalue weighted by Gasteiger charge is -2.26. The highest BCUT2D eigenvalue weighted by molar-refractivity contribution is 6.00. The Kier molecular flexibility index (Phi) is 6.77. The molecule has 34 heavy (non-hydrogen) atoms. The third-order valence-corrected chi connectivity index (χ3v) is 5.91. The third-order valence-electron chi connectivity index (χ3n) is 5.91. The number of alkyl halides is 1. The van der Waals surface area contributed by atoms with E-state index in [4.69, 9.17) is 5.26 Å². The number of nitrogens with zero attached hydrogens (tertiary/aromatic N) is 4. The minimum atomic E-state index is -1.61. The molecule has 2 unspecified atom stereocenters. The van der Waals surface area contributed by atoms with E-state index < -0.39 is 17.7 Å². The van der Waals surface area contributed by atoms with Crippen molar-refractivity contribution in [1.29, 1.82) is 5.26 Å². The fourth-order valence-corrected chi connectivity index (χ4v) is 3.87. The van der Waals surface area contributed by atoms with Crippen molar-refractivity contribution in [3.8, 4) is 17.5 Å². The molecule has 1 aliphatic rings. The normalized spacial score (nSPS) is 17.2. The maximum Gasteiger partial charge on any atom is 0.255 e. The summed E-state index contributed by atoms with van der Waals surface area (Å²) in [4.78, 5) is 17.4. The number of rotatable bonds is 7. The Morgan fingerprint density at radius 3 is 2.94 bits per heavy atom. The number of piperidine rings is 1. The molecule has 9 nitrogen and oxygen atoms in total. The van der Waals surface area contributed by atoms with E-state index in [9.17, 15) is 14.3 Å². The Morgan fingerprint density at radius 2 is 2.24 bits per heavy atom. The summed E-state index contributed by atoms with van der Waals surface area (Å²) in [5.41, 5.74) is 1.84. The maximum absolute atomic E-state index is 14.2. The van der Waals surface area contributed by atoms with E-state index in [2.05, 4.69) is 32.1 Å². The van der Waals surface area contributed by atoms with E-state index in [-0.39, 0.29) is 18.2 Å². The molecule has 4 rings (SSSR count). The number of carbonyl (C=O) groups excluding carboxylic acids is 1. The first-order valence-electron chi connectivity index (χ1n) is 11.3. The summed E-state index contributed by atoms with van der Waals surface area (Å²) in [7, 11) is 0. The zero-order chi connectivity index (χ0) is 24.3. The summed E-state index contributed by atoms with van der Waals surface area (Å²) in [5.74, 6) is -0.478. The van der Waals surface area contributed by atoms with Gasteiger partial charge in [0.05, 0.1) is 52.1 Å². The second-order valence-electron chi connectivity index (χ2n) is 9.05. The van der Waals surface area contributed by atoms with Gasteiger partial charge in [0.1, 0.15) is 12.2 Å². The highest BCUT2D eigenvalue weighted by atomic mass is 19.1. The average Bonchev–Trinajstić information content (AvgIpc) is 3.25. The summed E-state index contributed by atoms with van der Waals surface area (Å²) < 4.78 is 15.9. The van der Waals surface area contributed by atoms with Crippen LogP contribution in [-0.4, -0.2) is 63.1 Å². The van der Waals surface area contributed by atoms with Gasteiger partial charge < -0.3 is 21.1 Å². The molecule has 1 saturated heterocycles. The molecule has 2 atom stereocenters.